The van der Waals surface area contributed by atoms with E-state index in [4.69, 9.17) is 28.4 Å². The number of ether oxygens (including phenoxy) is 6. The van der Waals surface area contributed by atoms with Crippen molar-refractivity contribution >= 4 is 0 Å². The van der Waals surface area contributed by atoms with Crippen LogP contribution in [0.1, 0.15) is 86.0 Å². The summed E-state index contributed by atoms with van der Waals surface area (Å²) in [6, 6.07) is 0. The molecule has 13 nitrogen and oxygen atoms in total. The number of rotatable bonds is 4. The second kappa shape index (κ2) is 13.3. The number of fused-ring (bicyclic) bond motifs is 7. The second-order valence-electron chi connectivity index (χ2n) is 18.4. The van der Waals surface area contributed by atoms with E-state index >= 15 is 0 Å². The van der Waals surface area contributed by atoms with Crippen LogP contribution in [0.3, 0.4) is 0 Å². The molecule has 8 fully saturated rings. The van der Waals surface area contributed by atoms with Gasteiger partial charge in [0, 0.05) is 24.7 Å². The van der Waals surface area contributed by atoms with Gasteiger partial charge in [0.15, 0.2) is 18.4 Å². The van der Waals surface area contributed by atoms with Gasteiger partial charge < -0.3 is 64.2 Å². The highest BCUT2D eigenvalue weighted by Gasteiger charge is 2.70. The molecule has 8 aliphatic rings. The molecule has 0 aromatic rings. The molecule has 23 atom stereocenters. The standard InChI is InChI=1S/C38H62O13/c1-16-14-47-38(13-24(16)40)17(2)28-26(51-38)12-23-21-7-6-19-10-20(39)11-27(37(19,5)22(21)8-9-36(23,28)4)49-35-33(30(43)25(41)15-46-35)50-34-32(45)31(44)29(42)18(3)48-34/h16-35,39-45H,6-15H2,1-5H3/t16-,17+,18+,19+,20-,21-,22+,23+,24+,25+,26+,27-,28+,29+,30+,31-,32-,33-,34+,35+,36+,37+,38-/m1/s1. The molecule has 8 rings (SSSR count). The zero-order valence-electron chi connectivity index (χ0n) is 30.7. The molecule has 1 spiro atoms. The Bertz CT molecular complexity index is 1270. The molecule has 7 N–H and O–H groups in total. The number of aliphatic hydroxyl groups excluding tert-OH is 7. The van der Waals surface area contributed by atoms with E-state index in [9.17, 15) is 35.7 Å². The van der Waals surface area contributed by atoms with Crippen molar-refractivity contribution in [2.45, 2.75) is 171 Å². The van der Waals surface area contributed by atoms with E-state index in [0.29, 0.717) is 49.5 Å². The van der Waals surface area contributed by atoms with E-state index in [1.165, 1.54) is 0 Å². The molecular formula is C38H62O13. The van der Waals surface area contributed by atoms with Crippen molar-refractivity contribution < 1.29 is 64.2 Å². The fraction of sp³-hybridized carbons (Fsp3) is 1.00. The summed E-state index contributed by atoms with van der Waals surface area (Å²) >= 11 is 0. The van der Waals surface area contributed by atoms with Crippen LogP contribution < -0.4 is 0 Å². The Labute approximate surface area is 300 Å². The van der Waals surface area contributed by atoms with Crippen LogP contribution in [-0.2, 0) is 28.4 Å². The Morgan fingerprint density at radius 2 is 1.49 bits per heavy atom. The van der Waals surface area contributed by atoms with Crippen LogP contribution in [0.25, 0.3) is 0 Å². The van der Waals surface area contributed by atoms with Crippen molar-refractivity contribution in [3.8, 4) is 0 Å². The lowest BCUT2D eigenvalue weighted by atomic mass is 9.43. The van der Waals surface area contributed by atoms with E-state index < -0.39 is 79.4 Å². The van der Waals surface area contributed by atoms with E-state index in [1.54, 1.807) is 6.92 Å². The van der Waals surface area contributed by atoms with Crippen molar-refractivity contribution in [1.29, 1.82) is 0 Å². The predicted molar refractivity (Wildman–Crippen MR) is 178 cm³/mol. The van der Waals surface area contributed by atoms with Crippen molar-refractivity contribution in [2.75, 3.05) is 13.2 Å². The monoisotopic (exact) mass is 726 g/mol. The van der Waals surface area contributed by atoms with Gasteiger partial charge in [0.2, 0.25) is 0 Å². The Morgan fingerprint density at radius 3 is 2.24 bits per heavy atom. The summed E-state index contributed by atoms with van der Waals surface area (Å²) in [6.07, 6.45) is -6.57. The lowest BCUT2D eigenvalue weighted by Crippen LogP contribution is -2.64. The van der Waals surface area contributed by atoms with Gasteiger partial charge in [-0.2, -0.15) is 0 Å². The SMILES string of the molecule is C[C@@H]1CO[C@]2(C[C@@H]1O)O[C@H]1C[C@H]3[C@@H]4CC[C@H]5C[C@@H](O)C[C@@H](O[C@@H]6OC[C@H](O)[C@H](O)[C@H]6O[C@@H]6O[C@@H](C)[C@H](O)[C@@H](O)[C@H]6O)[C@]5(C)[C@H]4CC[C@]3(C)[C@H]1[C@@H]2C. The Morgan fingerprint density at radius 1 is 0.725 bits per heavy atom. The highest BCUT2D eigenvalue weighted by Crippen LogP contribution is 2.71. The van der Waals surface area contributed by atoms with Crippen molar-refractivity contribution in [3.63, 3.8) is 0 Å². The Balaban J connectivity index is 1.03. The molecular weight excluding hydrogens is 664 g/mol. The molecule has 4 heterocycles. The second-order valence-corrected chi connectivity index (χ2v) is 18.4. The molecule has 0 aromatic heterocycles. The maximum Gasteiger partial charge on any atom is 0.187 e. The molecule has 292 valence electrons. The first-order valence-electron chi connectivity index (χ1n) is 19.7. The van der Waals surface area contributed by atoms with Crippen LogP contribution in [0.4, 0.5) is 0 Å². The third-order valence-electron chi connectivity index (χ3n) is 15.9. The van der Waals surface area contributed by atoms with Crippen LogP contribution in [0.15, 0.2) is 0 Å². The number of hydrogen-bond donors (Lipinski definition) is 7. The summed E-state index contributed by atoms with van der Waals surface area (Å²) < 4.78 is 37.9. The van der Waals surface area contributed by atoms with Gasteiger partial charge in [-0.05, 0) is 85.9 Å². The lowest BCUT2D eigenvalue weighted by molar-refractivity contribution is -0.366. The van der Waals surface area contributed by atoms with Crippen LogP contribution in [0, 0.1) is 52.3 Å². The number of aliphatic hydroxyl groups is 7. The van der Waals surface area contributed by atoms with Crippen LogP contribution in [-0.4, -0.2) is 134 Å². The molecule has 0 bridgehead atoms. The molecule has 0 radical (unpaired) electrons. The van der Waals surface area contributed by atoms with Gasteiger partial charge in [0.25, 0.3) is 0 Å². The van der Waals surface area contributed by atoms with Gasteiger partial charge in [-0.3, -0.25) is 0 Å². The number of hydrogen-bond acceptors (Lipinski definition) is 13. The first-order chi connectivity index (χ1) is 24.1. The topological polar surface area (TPSA) is 197 Å². The highest BCUT2D eigenvalue weighted by molar-refractivity contribution is 5.17. The smallest absolute Gasteiger partial charge is 0.187 e. The zero-order valence-corrected chi connectivity index (χ0v) is 30.7. The molecule has 0 aromatic carbocycles. The van der Waals surface area contributed by atoms with Gasteiger partial charge in [-0.15, -0.1) is 0 Å². The van der Waals surface area contributed by atoms with E-state index in [2.05, 4.69) is 20.8 Å². The Hall–Kier alpha value is -0.520. The maximum atomic E-state index is 11.2. The molecule has 4 aliphatic heterocycles. The third-order valence-corrected chi connectivity index (χ3v) is 15.9. The molecule has 0 amide bonds. The van der Waals surface area contributed by atoms with Crippen molar-refractivity contribution in [1.82, 2.24) is 0 Å². The van der Waals surface area contributed by atoms with Crippen LogP contribution >= 0.6 is 0 Å². The minimum Gasteiger partial charge on any atom is -0.393 e. The predicted octanol–water partition coefficient (Wildman–Crippen LogP) is 1.05. The largest absolute Gasteiger partial charge is 0.393 e. The summed E-state index contributed by atoms with van der Waals surface area (Å²) in [6.45, 7) is 10.9. The molecule has 4 saturated heterocycles. The Kier molecular flexibility index (Phi) is 9.76. The van der Waals surface area contributed by atoms with Crippen LogP contribution in [0.2, 0.25) is 0 Å². The van der Waals surface area contributed by atoms with Crippen molar-refractivity contribution in [3.05, 3.63) is 0 Å². The quantitative estimate of drug-likeness (QED) is 0.217. The van der Waals surface area contributed by atoms with Gasteiger partial charge >= 0.3 is 0 Å². The van der Waals surface area contributed by atoms with Crippen LogP contribution in [0.5, 0.6) is 0 Å². The molecule has 4 aliphatic carbocycles. The lowest BCUT2D eigenvalue weighted by Gasteiger charge is -2.63. The van der Waals surface area contributed by atoms with E-state index in [-0.39, 0.29) is 41.3 Å². The molecule has 4 saturated carbocycles. The fourth-order valence-corrected chi connectivity index (χ4v) is 13.0. The molecule has 0 unspecified atom stereocenters. The maximum absolute atomic E-state index is 11.2. The summed E-state index contributed by atoms with van der Waals surface area (Å²) in [5.74, 6) is 1.32. The van der Waals surface area contributed by atoms with Crippen molar-refractivity contribution in [2.24, 2.45) is 52.3 Å². The normalized spacial score (nSPS) is 61.4. The molecule has 13 heteroatoms. The summed E-state index contributed by atoms with van der Waals surface area (Å²) in [5.41, 5.74) is -0.242. The first-order valence-corrected chi connectivity index (χ1v) is 19.7. The van der Waals surface area contributed by atoms with E-state index in [0.717, 1.165) is 32.1 Å². The van der Waals surface area contributed by atoms with E-state index in [1.807, 2.05) is 6.92 Å². The zero-order chi connectivity index (χ0) is 36.4. The van der Waals surface area contributed by atoms with Gasteiger partial charge in [0.05, 0.1) is 43.7 Å². The van der Waals surface area contributed by atoms with Gasteiger partial charge in [-0.1, -0.05) is 27.7 Å². The van der Waals surface area contributed by atoms with Gasteiger partial charge in [-0.25, -0.2) is 0 Å². The first kappa shape index (κ1) is 37.4. The average molecular weight is 727 g/mol. The average Bonchev–Trinajstić information content (AvgIpc) is 3.53. The summed E-state index contributed by atoms with van der Waals surface area (Å²) in [4.78, 5) is 0. The summed E-state index contributed by atoms with van der Waals surface area (Å²) in [7, 11) is 0. The molecule has 51 heavy (non-hydrogen) atoms. The van der Waals surface area contributed by atoms with Gasteiger partial charge in [0.1, 0.15) is 36.6 Å². The summed E-state index contributed by atoms with van der Waals surface area (Å²) in [5, 5.41) is 75.1. The highest BCUT2D eigenvalue weighted by atomic mass is 16.8. The minimum absolute atomic E-state index is 0.0711. The third kappa shape index (κ3) is 5.73. The fourth-order valence-electron chi connectivity index (χ4n) is 13.0. The minimum atomic E-state index is -1.61.